The average molecular weight is 456 g/mol. The zero-order valence-corrected chi connectivity index (χ0v) is 19.0. The van der Waals surface area contributed by atoms with E-state index in [4.69, 9.17) is 21.1 Å². The van der Waals surface area contributed by atoms with Crippen LogP contribution < -0.4 is 19.9 Å². The van der Waals surface area contributed by atoms with Crippen molar-refractivity contribution in [1.82, 2.24) is 19.4 Å². The Morgan fingerprint density at radius 2 is 1.72 bits per heavy atom. The van der Waals surface area contributed by atoms with Gasteiger partial charge in [-0.05, 0) is 18.2 Å². The van der Waals surface area contributed by atoms with Crippen LogP contribution >= 0.6 is 11.6 Å². The molecule has 0 amide bonds. The minimum atomic E-state index is -0.0830. The lowest BCUT2D eigenvalue weighted by molar-refractivity contribution is 0.247. The lowest BCUT2D eigenvalue weighted by Crippen LogP contribution is -2.47. The van der Waals surface area contributed by atoms with Crippen LogP contribution in [0.5, 0.6) is 11.5 Å². The van der Waals surface area contributed by atoms with E-state index >= 15 is 0 Å². The molecule has 1 aliphatic rings. The van der Waals surface area contributed by atoms with Crippen LogP contribution in [0.2, 0.25) is 0 Å². The summed E-state index contributed by atoms with van der Waals surface area (Å²) >= 11 is 6.10. The van der Waals surface area contributed by atoms with Gasteiger partial charge in [-0.15, -0.1) is 0 Å². The summed E-state index contributed by atoms with van der Waals surface area (Å²) in [5, 5.41) is 1.27. The number of anilines is 1. The van der Waals surface area contributed by atoms with E-state index in [-0.39, 0.29) is 12.1 Å². The number of methoxy groups -OCH3 is 2. The number of ether oxygens (including phenoxy) is 2. The molecular weight excluding hydrogens is 430 g/mol. The van der Waals surface area contributed by atoms with E-state index in [1.165, 1.54) is 0 Å². The Morgan fingerprint density at radius 1 is 1.06 bits per heavy atom. The average Bonchev–Trinajstić information content (AvgIpc) is 2.81. The van der Waals surface area contributed by atoms with Gasteiger partial charge < -0.3 is 18.9 Å². The molecule has 1 aliphatic heterocycles. The highest BCUT2D eigenvalue weighted by Gasteiger charge is 2.21. The maximum atomic E-state index is 13.4. The van der Waals surface area contributed by atoms with Gasteiger partial charge in [0.2, 0.25) is 5.95 Å². The zero-order valence-electron chi connectivity index (χ0n) is 18.3. The number of allylic oxidation sites excluding steroid dienone is 1. The molecule has 1 fully saturated rings. The van der Waals surface area contributed by atoms with Crippen molar-refractivity contribution in [2.75, 3.05) is 45.3 Å². The summed E-state index contributed by atoms with van der Waals surface area (Å²) in [6.45, 7) is 7.76. The molecule has 32 heavy (non-hydrogen) atoms. The number of nitrogens with zero attached hydrogens (tertiary/aromatic N) is 5. The number of benzene rings is 1. The van der Waals surface area contributed by atoms with E-state index in [1.54, 1.807) is 37.2 Å². The van der Waals surface area contributed by atoms with Crippen LogP contribution in [0, 0.1) is 0 Å². The smallest absolute Gasteiger partial charge is 0.255 e. The standard InChI is InChI=1S/C23H26ClN5O3/c1-16(24)14-29-19-13-21(32-3)20(31-2)12-17(19)11-18(22(29)30)15-27-7-9-28(10-8-27)23-25-5-4-6-26-23/h4-6,11-13H,1,7-10,14-15H2,2-3H3. The first-order chi connectivity index (χ1) is 15.5. The minimum Gasteiger partial charge on any atom is -0.493 e. The van der Waals surface area contributed by atoms with Crippen LogP contribution in [0.3, 0.4) is 0 Å². The van der Waals surface area contributed by atoms with Crippen LogP contribution in [0.1, 0.15) is 5.56 Å². The Labute approximate surface area is 191 Å². The van der Waals surface area contributed by atoms with E-state index in [2.05, 4.69) is 26.3 Å². The molecular formula is C23H26ClN5O3. The van der Waals surface area contributed by atoms with Gasteiger partial charge >= 0.3 is 0 Å². The van der Waals surface area contributed by atoms with Gasteiger partial charge in [0.1, 0.15) is 0 Å². The molecule has 0 bridgehead atoms. The topological polar surface area (TPSA) is 72.7 Å². The zero-order chi connectivity index (χ0) is 22.7. The van der Waals surface area contributed by atoms with Gasteiger partial charge in [-0.1, -0.05) is 18.2 Å². The second kappa shape index (κ2) is 9.58. The van der Waals surface area contributed by atoms with Gasteiger partial charge in [-0.3, -0.25) is 9.69 Å². The molecule has 3 aromatic rings. The molecule has 4 rings (SSSR count). The van der Waals surface area contributed by atoms with Crippen molar-refractivity contribution in [3.63, 3.8) is 0 Å². The number of fused-ring (bicyclic) bond motifs is 1. The summed E-state index contributed by atoms with van der Waals surface area (Å²) < 4.78 is 12.5. The monoisotopic (exact) mass is 455 g/mol. The Balaban J connectivity index is 1.63. The van der Waals surface area contributed by atoms with Gasteiger partial charge in [0.05, 0.1) is 26.3 Å². The second-order valence-corrected chi connectivity index (χ2v) is 8.19. The minimum absolute atomic E-state index is 0.0830. The fraction of sp³-hybridized carbons (Fsp3) is 0.348. The van der Waals surface area contributed by atoms with Crippen molar-refractivity contribution < 1.29 is 9.47 Å². The number of rotatable bonds is 7. The van der Waals surface area contributed by atoms with E-state index < -0.39 is 0 Å². The first-order valence-corrected chi connectivity index (χ1v) is 10.7. The molecule has 0 radical (unpaired) electrons. The van der Waals surface area contributed by atoms with Crippen molar-refractivity contribution in [2.24, 2.45) is 0 Å². The highest BCUT2D eigenvalue weighted by molar-refractivity contribution is 6.29. The Hall–Kier alpha value is -3.10. The third-order valence-electron chi connectivity index (χ3n) is 5.60. The predicted molar refractivity (Wildman–Crippen MR) is 126 cm³/mol. The number of hydrogen-bond donors (Lipinski definition) is 0. The van der Waals surface area contributed by atoms with E-state index in [9.17, 15) is 4.79 Å². The number of hydrogen-bond acceptors (Lipinski definition) is 7. The molecule has 0 spiro atoms. The number of piperazine rings is 1. The van der Waals surface area contributed by atoms with Crippen LogP contribution in [0.15, 0.2) is 53.1 Å². The molecule has 0 unspecified atom stereocenters. The van der Waals surface area contributed by atoms with Crippen molar-refractivity contribution in [3.8, 4) is 11.5 Å². The third-order valence-corrected chi connectivity index (χ3v) is 5.72. The van der Waals surface area contributed by atoms with Gasteiger partial charge in [0.15, 0.2) is 11.5 Å². The molecule has 168 valence electrons. The predicted octanol–water partition coefficient (Wildman–Crippen LogP) is 2.88. The van der Waals surface area contributed by atoms with Crippen LogP contribution in [0.4, 0.5) is 5.95 Å². The lowest BCUT2D eigenvalue weighted by Gasteiger charge is -2.34. The van der Waals surface area contributed by atoms with Gasteiger partial charge in [-0.25, -0.2) is 9.97 Å². The van der Waals surface area contributed by atoms with E-state index in [0.717, 1.165) is 43.0 Å². The number of pyridine rings is 1. The molecule has 1 saturated heterocycles. The fourth-order valence-electron chi connectivity index (χ4n) is 4.01. The highest BCUT2D eigenvalue weighted by Crippen LogP contribution is 2.32. The van der Waals surface area contributed by atoms with E-state index in [1.807, 2.05) is 18.2 Å². The SMILES string of the molecule is C=C(Cl)Cn1c(=O)c(CN2CCN(c3ncccn3)CC2)cc2cc(OC)c(OC)cc21. The first-order valence-electron chi connectivity index (χ1n) is 10.4. The van der Waals surface area contributed by atoms with Crippen LogP contribution in [0.25, 0.3) is 10.9 Å². The van der Waals surface area contributed by atoms with Crippen LogP contribution in [-0.4, -0.2) is 59.8 Å². The Bertz CT molecular complexity index is 1170. The number of aromatic nitrogens is 3. The third kappa shape index (κ3) is 4.56. The molecule has 8 nitrogen and oxygen atoms in total. The largest absolute Gasteiger partial charge is 0.493 e. The van der Waals surface area contributed by atoms with Crippen LogP contribution in [-0.2, 0) is 13.1 Å². The maximum Gasteiger partial charge on any atom is 0.255 e. The molecule has 2 aromatic heterocycles. The molecule has 9 heteroatoms. The summed E-state index contributed by atoms with van der Waals surface area (Å²) in [6, 6.07) is 7.43. The number of halogens is 1. The summed E-state index contributed by atoms with van der Waals surface area (Å²) in [5.41, 5.74) is 1.34. The summed E-state index contributed by atoms with van der Waals surface area (Å²) in [5.74, 6) is 1.90. The maximum absolute atomic E-state index is 13.4. The van der Waals surface area contributed by atoms with Gasteiger partial charge in [0.25, 0.3) is 5.56 Å². The lowest BCUT2D eigenvalue weighted by atomic mass is 10.1. The Kier molecular flexibility index (Phi) is 6.62. The highest BCUT2D eigenvalue weighted by atomic mass is 35.5. The van der Waals surface area contributed by atoms with Gasteiger partial charge in [0, 0.05) is 67.2 Å². The molecule has 3 heterocycles. The molecule has 0 atom stereocenters. The molecule has 0 aliphatic carbocycles. The summed E-state index contributed by atoms with van der Waals surface area (Å²) in [4.78, 5) is 26.4. The van der Waals surface area contributed by atoms with E-state index in [0.29, 0.717) is 28.6 Å². The van der Waals surface area contributed by atoms with Crippen molar-refractivity contribution in [1.29, 1.82) is 0 Å². The Morgan fingerprint density at radius 3 is 2.34 bits per heavy atom. The second-order valence-electron chi connectivity index (χ2n) is 7.66. The van der Waals surface area contributed by atoms with Crippen molar-refractivity contribution in [3.05, 3.63) is 64.2 Å². The van der Waals surface area contributed by atoms with Gasteiger partial charge in [-0.2, -0.15) is 0 Å². The van der Waals surface area contributed by atoms with Crippen molar-refractivity contribution in [2.45, 2.75) is 13.1 Å². The quantitative estimate of drug-likeness (QED) is 0.542. The fourth-order valence-corrected chi connectivity index (χ4v) is 4.13. The molecule has 1 aromatic carbocycles. The summed E-state index contributed by atoms with van der Waals surface area (Å²) in [6.07, 6.45) is 3.50. The normalized spacial score (nSPS) is 14.5. The van der Waals surface area contributed by atoms with Crippen molar-refractivity contribution >= 4 is 28.5 Å². The first kappa shape index (κ1) is 22.1. The summed E-state index contributed by atoms with van der Waals surface area (Å²) in [7, 11) is 3.16. The molecule has 0 saturated carbocycles. The molecule has 0 N–H and O–H groups in total.